The van der Waals surface area contributed by atoms with Gasteiger partial charge in [0.2, 0.25) is 0 Å². The van der Waals surface area contributed by atoms with Crippen molar-refractivity contribution in [2.45, 2.75) is 52.6 Å². The van der Waals surface area contributed by atoms with Crippen molar-refractivity contribution in [1.29, 1.82) is 0 Å². The standard InChI is InChI=1S/C16H26N2O2/c1-12(2)6-5-7-13(3)17-11-15-9-8-14(10-18-15)16(19)20-4/h8-10,12-13,17H,5-7,11H2,1-4H3. The zero-order valence-electron chi connectivity index (χ0n) is 13.0. The summed E-state index contributed by atoms with van der Waals surface area (Å²) < 4.78 is 4.64. The van der Waals surface area contributed by atoms with Crippen LogP contribution in [0.15, 0.2) is 18.3 Å². The largest absolute Gasteiger partial charge is 0.465 e. The van der Waals surface area contributed by atoms with E-state index in [4.69, 9.17) is 0 Å². The van der Waals surface area contributed by atoms with Crippen molar-refractivity contribution in [3.8, 4) is 0 Å². The van der Waals surface area contributed by atoms with Crippen LogP contribution >= 0.6 is 0 Å². The lowest BCUT2D eigenvalue weighted by Crippen LogP contribution is -2.25. The Morgan fingerprint density at radius 1 is 1.30 bits per heavy atom. The van der Waals surface area contributed by atoms with Gasteiger partial charge in [-0.15, -0.1) is 0 Å². The van der Waals surface area contributed by atoms with Crippen LogP contribution in [0.2, 0.25) is 0 Å². The summed E-state index contributed by atoms with van der Waals surface area (Å²) in [5.74, 6) is 0.425. The summed E-state index contributed by atoms with van der Waals surface area (Å²) in [7, 11) is 1.37. The Balaban J connectivity index is 2.32. The van der Waals surface area contributed by atoms with Gasteiger partial charge in [-0.3, -0.25) is 4.98 Å². The third-order valence-corrected chi connectivity index (χ3v) is 3.30. The van der Waals surface area contributed by atoms with Crippen molar-refractivity contribution in [3.63, 3.8) is 0 Å². The van der Waals surface area contributed by atoms with Crippen molar-refractivity contribution >= 4 is 5.97 Å². The number of ether oxygens (including phenoxy) is 1. The number of nitrogens with zero attached hydrogens (tertiary/aromatic N) is 1. The minimum atomic E-state index is -0.348. The van der Waals surface area contributed by atoms with E-state index in [1.807, 2.05) is 6.07 Å². The van der Waals surface area contributed by atoms with Gasteiger partial charge in [0.05, 0.1) is 18.4 Å². The second-order valence-corrected chi connectivity index (χ2v) is 5.64. The molecule has 0 aromatic carbocycles. The highest BCUT2D eigenvalue weighted by atomic mass is 16.5. The Morgan fingerprint density at radius 2 is 2.05 bits per heavy atom. The Morgan fingerprint density at radius 3 is 2.60 bits per heavy atom. The summed E-state index contributed by atoms with van der Waals surface area (Å²) >= 11 is 0. The normalized spacial score (nSPS) is 12.4. The van der Waals surface area contributed by atoms with Gasteiger partial charge in [-0.05, 0) is 31.4 Å². The summed E-state index contributed by atoms with van der Waals surface area (Å²) in [6.45, 7) is 7.43. The minimum absolute atomic E-state index is 0.348. The lowest BCUT2D eigenvalue weighted by Gasteiger charge is -2.14. The smallest absolute Gasteiger partial charge is 0.339 e. The number of carbonyl (C=O) groups is 1. The van der Waals surface area contributed by atoms with Crippen molar-refractivity contribution in [3.05, 3.63) is 29.6 Å². The molecule has 0 bridgehead atoms. The van der Waals surface area contributed by atoms with E-state index in [9.17, 15) is 4.79 Å². The predicted molar refractivity (Wildman–Crippen MR) is 80.6 cm³/mol. The van der Waals surface area contributed by atoms with Gasteiger partial charge >= 0.3 is 5.97 Å². The molecule has 0 radical (unpaired) electrons. The fraction of sp³-hybridized carbons (Fsp3) is 0.625. The number of methoxy groups -OCH3 is 1. The number of hydrogen-bond acceptors (Lipinski definition) is 4. The average Bonchev–Trinajstić information content (AvgIpc) is 2.44. The van der Waals surface area contributed by atoms with E-state index in [1.54, 1.807) is 12.3 Å². The molecule has 20 heavy (non-hydrogen) atoms. The summed E-state index contributed by atoms with van der Waals surface area (Å²) in [5, 5.41) is 3.46. The molecule has 1 aromatic rings. The van der Waals surface area contributed by atoms with Crippen LogP contribution in [-0.4, -0.2) is 24.1 Å². The van der Waals surface area contributed by atoms with Crippen LogP contribution in [0, 0.1) is 5.92 Å². The second kappa shape index (κ2) is 8.69. The Hall–Kier alpha value is -1.42. The number of aromatic nitrogens is 1. The molecule has 0 aliphatic rings. The van der Waals surface area contributed by atoms with E-state index in [0.717, 1.165) is 18.2 Å². The summed E-state index contributed by atoms with van der Waals surface area (Å²) in [6, 6.07) is 4.09. The second-order valence-electron chi connectivity index (χ2n) is 5.64. The number of carbonyl (C=O) groups excluding carboxylic acids is 1. The van der Waals surface area contributed by atoms with Crippen LogP contribution in [0.4, 0.5) is 0 Å². The monoisotopic (exact) mass is 278 g/mol. The quantitative estimate of drug-likeness (QED) is 0.742. The van der Waals surface area contributed by atoms with Gasteiger partial charge < -0.3 is 10.1 Å². The molecule has 4 nitrogen and oxygen atoms in total. The number of pyridine rings is 1. The number of esters is 1. The summed E-state index contributed by atoms with van der Waals surface area (Å²) in [6.07, 6.45) is 5.27. The van der Waals surface area contributed by atoms with E-state index < -0.39 is 0 Å². The van der Waals surface area contributed by atoms with Crippen LogP contribution in [0.1, 0.15) is 56.1 Å². The molecule has 0 fully saturated rings. The molecule has 0 saturated heterocycles. The predicted octanol–water partition coefficient (Wildman–Crippen LogP) is 3.17. The van der Waals surface area contributed by atoms with Crippen LogP contribution in [0.3, 0.4) is 0 Å². The molecule has 1 rings (SSSR count). The molecule has 1 N–H and O–H groups in total. The molecule has 0 spiro atoms. The highest BCUT2D eigenvalue weighted by Gasteiger charge is 2.06. The van der Waals surface area contributed by atoms with E-state index in [0.29, 0.717) is 11.6 Å². The van der Waals surface area contributed by atoms with Crippen LogP contribution in [0.5, 0.6) is 0 Å². The third-order valence-electron chi connectivity index (χ3n) is 3.30. The highest BCUT2D eigenvalue weighted by Crippen LogP contribution is 2.09. The van der Waals surface area contributed by atoms with Crippen molar-refractivity contribution < 1.29 is 9.53 Å². The van der Waals surface area contributed by atoms with Crippen LogP contribution in [-0.2, 0) is 11.3 Å². The molecule has 0 aliphatic carbocycles. The van der Waals surface area contributed by atoms with E-state index >= 15 is 0 Å². The van der Waals surface area contributed by atoms with Gasteiger partial charge in [-0.2, -0.15) is 0 Å². The number of rotatable bonds is 8. The van der Waals surface area contributed by atoms with E-state index in [-0.39, 0.29) is 5.97 Å². The van der Waals surface area contributed by atoms with Gasteiger partial charge in [0, 0.05) is 18.8 Å². The Labute approximate surface area is 121 Å². The summed E-state index contributed by atoms with van der Waals surface area (Å²) in [5.41, 5.74) is 1.43. The van der Waals surface area contributed by atoms with Gasteiger partial charge in [-0.25, -0.2) is 4.79 Å². The molecule has 1 atom stereocenters. The van der Waals surface area contributed by atoms with Crippen LogP contribution < -0.4 is 5.32 Å². The molecule has 112 valence electrons. The lowest BCUT2D eigenvalue weighted by molar-refractivity contribution is 0.0600. The zero-order chi connectivity index (χ0) is 15.0. The zero-order valence-corrected chi connectivity index (χ0v) is 13.0. The molecular weight excluding hydrogens is 252 g/mol. The first-order chi connectivity index (χ1) is 9.52. The fourth-order valence-corrected chi connectivity index (χ4v) is 1.98. The lowest BCUT2D eigenvalue weighted by atomic mass is 10.0. The van der Waals surface area contributed by atoms with Gasteiger partial charge in [-0.1, -0.05) is 26.7 Å². The van der Waals surface area contributed by atoms with E-state index in [1.165, 1.54) is 26.4 Å². The molecular formula is C16H26N2O2. The minimum Gasteiger partial charge on any atom is -0.465 e. The van der Waals surface area contributed by atoms with Crippen molar-refractivity contribution in [1.82, 2.24) is 10.3 Å². The first-order valence-electron chi connectivity index (χ1n) is 7.29. The Bertz CT molecular complexity index is 401. The summed E-state index contributed by atoms with van der Waals surface area (Å²) in [4.78, 5) is 15.6. The Kier molecular flexibility index (Phi) is 7.23. The number of nitrogens with one attached hydrogen (secondary N) is 1. The molecule has 4 heteroatoms. The molecule has 1 heterocycles. The third kappa shape index (κ3) is 6.15. The van der Waals surface area contributed by atoms with Gasteiger partial charge in [0.15, 0.2) is 0 Å². The molecule has 1 unspecified atom stereocenters. The van der Waals surface area contributed by atoms with Crippen LogP contribution in [0.25, 0.3) is 0 Å². The van der Waals surface area contributed by atoms with Gasteiger partial charge in [0.1, 0.15) is 0 Å². The maximum Gasteiger partial charge on any atom is 0.339 e. The molecule has 1 aromatic heterocycles. The maximum absolute atomic E-state index is 11.3. The first-order valence-corrected chi connectivity index (χ1v) is 7.29. The topological polar surface area (TPSA) is 51.2 Å². The van der Waals surface area contributed by atoms with E-state index in [2.05, 4.69) is 35.8 Å². The molecule has 0 amide bonds. The first kappa shape index (κ1) is 16.6. The maximum atomic E-state index is 11.3. The SMILES string of the molecule is COC(=O)c1ccc(CNC(C)CCCC(C)C)nc1. The highest BCUT2D eigenvalue weighted by molar-refractivity contribution is 5.88. The average molecular weight is 278 g/mol. The molecule has 0 saturated carbocycles. The van der Waals surface area contributed by atoms with Crippen molar-refractivity contribution in [2.75, 3.05) is 7.11 Å². The number of hydrogen-bond donors (Lipinski definition) is 1. The fourth-order valence-electron chi connectivity index (χ4n) is 1.98. The van der Waals surface area contributed by atoms with Crippen molar-refractivity contribution in [2.24, 2.45) is 5.92 Å². The van der Waals surface area contributed by atoms with Gasteiger partial charge in [0.25, 0.3) is 0 Å². The molecule has 0 aliphatic heterocycles.